The molecule has 19 heavy (non-hydrogen) atoms. The average Bonchev–Trinajstić information content (AvgIpc) is 2.25. The number of rotatable bonds is 4. The first kappa shape index (κ1) is 15.4. The molecule has 0 unspecified atom stereocenters. The summed E-state index contributed by atoms with van der Waals surface area (Å²) in [5.74, 6) is -2.57. The molecule has 0 saturated carbocycles. The molecule has 1 rings (SSSR count). The van der Waals surface area contributed by atoms with E-state index in [4.69, 9.17) is 5.11 Å². The number of aromatic nitrogens is 1. The Balaban J connectivity index is 2.93. The number of hydrogen-bond donors (Lipinski definition) is 1. The summed E-state index contributed by atoms with van der Waals surface area (Å²) in [6.07, 6.45) is -3.61. The van der Waals surface area contributed by atoms with Gasteiger partial charge < -0.3 is 10.0 Å². The van der Waals surface area contributed by atoms with E-state index in [1.807, 2.05) is 0 Å². The van der Waals surface area contributed by atoms with Gasteiger partial charge in [0.05, 0.1) is 5.56 Å². The number of amides is 1. The Morgan fingerprint density at radius 1 is 1.37 bits per heavy atom. The third kappa shape index (κ3) is 5.25. The summed E-state index contributed by atoms with van der Waals surface area (Å²) in [6.45, 7) is -2.66. The van der Waals surface area contributed by atoms with Gasteiger partial charge in [-0.05, 0) is 28.1 Å². The molecule has 1 heterocycles. The van der Waals surface area contributed by atoms with Crippen LogP contribution in [0.15, 0.2) is 22.9 Å². The highest BCUT2D eigenvalue weighted by molar-refractivity contribution is 9.10. The molecule has 0 saturated heterocycles. The Kier molecular flexibility index (Phi) is 4.87. The monoisotopic (exact) mass is 340 g/mol. The quantitative estimate of drug-likeness (QED) is 0.850. The number of halogens is 4. The Labute approximate surface area is 114 Å². The molecule has 5 nitrogen and oxygen atoms in total. The van der Waals surface area contributed by atoms with Gasteiger partial charge in [0.25, 0.3) is 5.91 Å². The lowest BCUT2D eigenvalue weighted by Crippen LogP contribution is -2.42. The van der Waals surface area contributed by atoms with Gasteiger partial charge in [-0.2, -0.15) is 13.2 Å². The zero-order chi connectivity index (χ0) is 14.6. The minimum Gasteiger partial charge on any atom is -0.480 e. The van der Waals surface area contributed by atoms with Crippen LogP contribution in [0.2, 0.25) is 0 Å². The van der Waals surface area contributed by atoms with Crippen molar-refractivity contribution in [1.29, 1.82) is 0 Å². The van der Waals surface area contributed by atoms with E-state index in [1.165, 1.54) is 12.1 Å². The molecule has 1 N–H and O–H groups in total. The highest BCUT2D eigenvalue weighted by Crippen LogP contribution is 2.18. The van der Waals surface area contributed by atoms with Crippen molar-refractivity contribution in [3.63, 3.8) is 0 Å². The van der Waals surface area contributed by atoms with Crippen LogP contribution in [-0.2, 0) is 4.79 Å². The van der Waals surface area contributed by atoms with Crippen LogP contribution in [0.3, 0.4) is 0 Å². The molecule has 1 aromatic heterocycles. The molecule has 0 radical (unpaired) electrons. The highest BCUT2D eigenvalue weighted by atomic mass is 79.9. The first-order valence-corrected chi connectivity index (χ1v) is 5.68. The normalized spacial score (nSPS) is 11.2. The number of aliphatic carboxylic acids is 1. The molecule has 0 aliphatic carbocycles. The predicted octanol–water partition coefficient (Wildman–Crippen LogP) is 1.93. The minimum absolute atomic E-state index is 0.117. The molecule has 0 atom stereocenters. The minimum atomic E-state index is -4.67. The number of carboxylic acid groups (broad SMARTS) is 1. The van der Waals surface area contributed by atoms with E-state index in [2.05, 4.69) is 20.9 Å². The first-order chi connectivity index (χ1) is 8.69. The molecule has 0 spiro atoms. The maximum absolute atomic E-state index is 12.3. The number of alkyl halides is 3. The topological polar surface area (TPSA) is 70.5 Å². The van der Waals surface area contributed by atoms with E-state index in [-0.39, 0.29) is 10.5 Å². The van der Waals surface area contributed by atoms with Gasteiger partial charge in [-0.3, -0.25) is 9.59 Å². The Bertz CT molecular complexity index is 476. The number of pyridine rings is 1. The van der Waals surface area contributed by atoms with Gasteiger partial charge in [0, 0.05) is 6.20 Å². The van der Waals surface area contributed by atoms with Crippen LogP contribution < -0.4 is 0 Å². The lowest BCUT2D eigenvalue weighted by Gasteiger charge is -2.21. The van der Waals surface area contributed by atoms with E-state index in [0.717, 1.165) is 6.20 Å². The van der Waals surface area contributed by atoms with Gasteiger partial charge in [0.1, 0.15) is 17.7 Å². The fraction of sp³-hybridized carbons (Fsp3) is 0.300. The SMILES string of the molecule is O=C(O)CN(CC(F)(F)F)C(=O)c1ccc(Br)nc1. The van der Waals surface area contributed by atoms with Gasteiger partial charge in [0.2, 0.25) is 0 Å². The second-order valence-electron chi connectivity index (χ2n) is 3.54. The lowest BCUT2D eigenvalue weighted by atomic mass is 10.2. The zero-order valence-corrected chi connectivity index (χ0v) is 10.9. The molecule has 104 valence electrons. The second kappa shape index (κ2) is 6.00. The van der Waals surface area contributed by atoms with Crippen LogP contribution >= 0.6 is 15.9 Å². The smallest absolute Gasteiger partial charge is 0.406 e. The van der Waals surface area contributed by atoms with Gasteiger partial charge in [0.15, 0.2) is 0 Å². The molecule has 9 heteroatoms. The summed E-state index contributed by atoms with van der Waals surface area (Å²) in [5.41, 5.74) is -0.117. The highest BCUT2D eigenvalue weighted by Gasteiger charge is 2.34. The van der Waals surface area contributed by atoms with Gasteiger partial charge in [-0.15, -0.1) is 0 Å². The fourth-order valence-corrected chi connectivity index (χ4v) is 1.50. The Morgan fingerprint density at radius 3 is 2.42 bits per heavy atom. The molecule has 1 aromatic rings. The fourth-order valence-electron chi connectivity index (χ4n) is 1.26. The maximum Gasteiger partial charge on any atom is 0.406 e. The van der Waals surface area contributed by atoms with E-state index in [0.29, 0.717) is 4.60 Å². The molecule has 1 amide bonds. The van der Waals surface area contributed by atoms with Crippen molar-refractivity contribution >= 4 is 27.8 Å². The summed E-state index contributed by atoms with van der Waals surface area (Å²) in [5, 5.41) is 8.54. The summed E-state index contributed by atoms with van der Waals surface area (Å²) < 4.78 is 37.3. The van der Waals surface area contributed by atoms with Crippen LogP contribution in [0.25, 0.3) is 0 Å². The second-order valence-corrected chi connectivity index (χ2v) is 4.35. The van der Waals surface area contributed by atoms with Crippen molar-refractivity contribution in [1.82, 2.24) is 9.88 Å². The van der Waals surface area contributed by atoms with Crippen LogP contribution in [0, 0.1) is 0 Å². The first-order valence-electron chi connectivity index (χ1n) is 4.88. The standard InChI is InChI=1S/C10H8BrF3N2O3/c11-7-2-1-6(3-15-7)9(19)16(4-8(17)18)5-10(12,13)14/h1-3H,4-5H2,(H,17,18). The summed E-state index contributed by atoms with van der Waals surface area (Å²) in [4.78, 5) is 26.2. The van der Waals surface area contributed by atoms with Crippen molar-refractivity contribution in [2.75, 3.05) is 13.1 Å². The molecule has 0 aliphatic rings. The molecule has 0 aliphatic heterocycles. The molecular formula is C10H8BrF3N2O3. The Hall–Kier alpha value is -1.64. The third-order valence-corrected chi connectivity index (χ3v) is 2.43. The van der Waals surface area contributed by atoms with Crippen molar-refractivity contribution in [2.45, 2.75) is 6.18 Å². The third-order valence-electron chi connectivity index (χ3n) is 1.96. The number of nitrogens with zero attached hydrogens (tertiary/aromatic N) is 2. The van der Waals surface area contributed by atoms with E-state index in [9.17, 15) is 22.8 Å². The van der Waals surface area contributed by atoms with E-state index < -0.39 is 31.1 Å². The van der Waals surface area contributed by atoms with Gasteiger partial charge >= 0.3 is 12.1 Å². The molecule has 0 fully saturated rings. The van der Waals surface area contributed by atoms with Crippen LogP contribution in [-0.4, -0.2) is 46.1 Å². The van der Waals surface area contributed by atoms with E-state index in [1.54, 1.807) is 0 Å². The largest absolute Gasteiger partial charge is 0.480 e. The lowest BCUT2D eigenvalue weighted by molar-refractivity contribution is -0.149. The average molecular weight is 341 g/mol. The number of carbonyl (C=O) groups is 2. The van der Waals surface area contributed by atoms with Crippen molar-refractivity contribution in [3.05, 3.63) is 28.5 Å². The van der Waals surface area contributed by atoms with Crippen LogP contribution in [0.1, 0.15) is 10.4 Å². The number of carbonyl (C=O) groups excluding carboxylic acids is 1. The van der Waals surface area contributed by atoms with Crippen molar-refractivity contribution in [2.24, 2.45) is 0 Å². The molecule has 0 bridgehead atoms. The Morgan fingerprint density at radius 2 is 2.00 bits per heavy atom. The predicted molar refractivity (Wildman–Crippen MR) is 61.5 cm³/mol. The summed E-state index contributed by atoms with van der Waals surface area (Å²) >= 11 is 3.01. The van der Waals surface area contributed by atoms with Crippen LogP contribution in [0.5, 0.6) is 0 Å². The van der Waals surface area contributed by atoms with Gasteiger partial charge in [-0.1, -0.05) is 0 Å². The maximum atomic E-state index is 12.3. The van der Waals surface area contributed by atoms with Crippen molar-refractivity contribution < 1.29 is 27.9 Å². The molecular weight excluding hydrogens is 333 g/mol. The summed E-state index contributed by atoms with van der Waals surface area (Å²) in [6, 6.07) is 2.63. The van der Waals surface area contributed by atoms with Crippen molar-refractivity contribution in [3.8, 4) is 0 Å². The van der Waals surface area contributed by atoms with E-state index >= 15 is 0 Å². The number of hydrogen-bond acceptors (Lipinski definition) is 3. The summed E-state index contributed by atoms with van der Waals surface area (Å²) in [7, 11) is 0. The van der Waals surface area contributed by atoms with Gasteiger partial charge in [-0.25, -0.2) is 4.98 Å². The van der Waals surface area contributed by atoms with Crippen LogP contribution in [0.4, 0.5) is 13.2 Å². The zero-order valence-electron chi connectivity index (χ0n) is 9.32. The number of carboxylic acids is 1. The molecule has 0 aromatic carbocycles.